The molecule has 0 unspecified atom stereocenters. The Balaban J connectivity index is 0.000000274. The quantitative estimate of drug-likeness (QED) is 0.0614. The summed E-state index contributed by atoms with van der Waals surface area (Å²) in [6.45, 7) is 0. The second-order valence-electron chi connectivity index (χ2n) is 12.6. The first-order valence-electron chi connectivity index (χ1n) is 18.6. The second-order valence-corrected chi connectivity index (χ2v) is 12.6. The Hall–Kier alpha value is -8.47. The number of hydrogen-bond donors (Lipinski definition) is 0. The van der Waals surface area contributed by atoms with Crippen LogP contribution >= 0.6 is 0 Å². The van der Waals surface area contributed by atoms with E-state index in [0.29, 0.717) is 34.4 Å². The summed E-state index contributed by atoms with van der Waals surface area (Å²) in [5.74, 6) is 2.84. The van der Waals surface area contributed by atoms with Gasteiger partial charge in [-0.1, -0.05) is 48.6 Å². The van der Waals surface area contributed by atoms with Gasteiger partial charge in [-0.2, -0.15) is 30.9 Å². The number of nitro groups is 1. The van der Waals surface area contributed by atoms with Crippen molar-refractivity contribution in [1.29, 1.82) is 10.5 Å². The molecule has 342 valence electrons. The molecule has 0 bridgehead atoms. The number of nitriles is 2. The van der Waals surface area contributed by atoms with Crippen molar-refractivity contribution in [3.63, 3.8) is 0 Å². The van der Waals surface area contributed by atoms with Crippen LogP contribution in [0, 0.1) is 32.8 Å². The SMILES string of the molecule is C[N+](=O)[O-].F[B-](F)(F)F.F[B-](F)(F)F.N#Cc1ccc(/C=C/c2cc(-n3cccn3)nc(-n3cccn3)c2)cc1.N#Cc1ccc(/C=C/c2cc(-n3cccn3)nc(-n3cccn3)c2)cc1.[Fe+2]. The van der Waals surface area contributed by atoms with E-state index in [1.807, 2.05) is 122 Å². The van der Waals surface area contributed by atoms with E-state index >= 15 is 0 Å². The molecule has 0 atom stereocenters. The third kappa shape index (κ3) is 20.3. The first kappa shape index (κ1) is 52.9. The molecule has 0 amide bonds. The van der Waals surface area contributed by atoms with Gasteiger partial charge in [-0.25, -0.2) is 28.7 Å². The van der Waals surface area contributed by atoms with Crippen LogP contribution in [-0.4, -0.2) is 75.6 Å². The van der Waals surface area contributed by atoms with Gasteiger partial charge in [0.15, 0.2) is 30.3 Å². The fraction of sp³-hybridized carbons (Fsp3) is 0.0244. The maximum atomic E-state index is 9.75. The molecule has 0 radical (unpaired) electrons. The molecule has 8 aromatic rings. The minimum atomic E-state index is -6.00. The predicted octanol–water partition coefficient (Wildman–Crippen LogP) is 9.48. The van der Waals surface area contributed by atoms with E-state index in [1.165, 1.54) is 0 Å². The molecule has 8 rings (SSSR count). The molecule has 0 spiro atoms. The van der Waals surface area contributed by atoms with Crippen molar-refractivity contribution in [2.75, 3.05) is 7.05 Å². The van der Waals surface area contributed by atoms with Crippen LogP contribution in [0.2, 0.25) is 0 Å². The zero-order valence-electron chi connectivity index (χ0n) is 34.3. The van der Waals surface area contributed by atoms with Crippen molar-refractivity contribution in [1.82, 2.24) is 49.1 Å². The molecule has 6 aromatic heterocycles. The molecule has 0 saturated heterocycles. The summed E-state index contributed by atoms with van der Waals surface area (Å²) in [6.07, 6.45) is 22.3. The van der Waals surface area contributed by atoms with Crippen molar-refractivity contribution in [3.8, 4) is 35.4 Å². The molecular formula is C41H31B2F8FeN13O2. The Bertz CT molecular complexity index is 2550. The average molecular weight is 967 g/mol. The van der Waals surface area contributed by atoms with Gasteiger partial charge in [-0.05, 0) is 95.1 Å². The molecule has 0 saturated carbocycles. The van der Waals surface area contributed by atoms with Crippen molar-refractivity contribution < 1.29 is 56.5 Å². The molecule has 15 nitrogen and oxygen atoms in total. The molecular weight excluding hydrogens is 936 g/mol. The number of aromatic nitrogens is 10. The van der Waals surface area contributed by atoms with Gasteiger partial charge in [0.05, 0.1) is 23.3 Å². The molecule has 0 aliphatic heterocycles. The number of hydrogen-bond acceptors (Lipinski definition) is 10. The second kappa shape index (κ2) is 25.7. The fourth-order valence-electron chi connectivity index (χ4n) is 5.05. The topological polar surface area (TPSA) is 188 Å². The first-order valence-corrected chi connectivity index (χ1v) is 18.6. The van der Waals surface area contributed by atoms with Crippen LogP contribution in [0.3, 0.4) is 0 Å². The standard InChI is InChI=1S/2C20H14N6.CH3NO2.2BF4.Fe/c2*21-15-17-6-3-16(4-7-17)5-8-18-13-19(25-11-1-9-22-25)24-20(14-18)26-12-2-10-23-26;1-2(3)4;2*2-1(3,4)5;/h2*1-14H;1H3;;;/q;;;2*-1;+2/b2*8-5+;;;;. The summed E-state index contributed by atoms with van der Waals surface area (Å²) in [4.78, 5) is 17.6. The monoisotopic (exact) mass is 967 g/mol. The number of nitrogens with zero attached hydrogens (tertiary/aromatic N) is 13. The van der Waals surface area contributed by atoms with Crippen LogP contribution in [0.15, 0.2) is 147 Å². The molecule has 0 N–H and O–H groups in total. The van der Waals surface area contributed by atoms with Gasteiger partial charge in [0.25, 0.3) is 0 Å². The van der Waals surface area contributed by atoms with E-state index < -0.39 is 19.4 Å². The maximum absolute atomic E-state index is 9.75. The average Bonchev–Trinajstić information content (AvgIpc) is 4.13. The maximum Gasteiger partial charge on any atom is 2.00 e. The Labute approximate surface area is 386 Å². The van der Waals surface area contributed by atoms with Gasteiger partial charge in [-0.3, -0.25) is 10.1 Å². The Morgan fingerprint density at radius 1 is 0.507 bits per heavy atom. The van der Waals surface area contributed by atoms with Gasteiger partial charge in [0.2, 0.25) is 0 Å². The normalized spacial score (nSPS) is 10.6. The summed E-state index contributed by atoms with van der Waals surface area (Å²) in [5, 5.41) is 43.6. The Morgan fingerprint density at radius 3 is 0.925 bits per heavy atom. The van der Waals surface area contributed by atoms with Crippen molar-refractivity contribution in [2.24, 2.45) is 0 Å². The van der Waals surface area contributed by atoms with Crippen LogP contribution in [-0.2, 0) is 17.1 Å². The van der Waals surface area contributed by atoms with E-state index in [1.54, 1.807) is 67.8 Å². The van der Waals surface area contributed by atoms with Crippen molar-refractivity contribution >= 4 is 38.8 Å². The predicted molar refractivity (Wildman–Crippen MR) is 230 cm³/mol. The minimum absolute atomic E-state index is 0. The Kier molecular flexibility index (Phi) is 20.3. The van der Waals surface area contributed by atoms with Gasteiger partial charge >= 0.3 is 31.6 Å². The van der Waals surface area contributed by atoms with Crippen molar-refractivity contribution in [2.45, 2.75) is 0 Å². The zero-order valence-corrected chi connectivity index (χ0v) is 35.4. The van der Waals surface area contributed by atoms with Crippen molar-refractivity contribution in [3.05, 3.63) is 190 Å². The van der Waals surface area contributed by atoms with Crippen LogP contribution in [0.25, 0.3) is 47.6 Å². The molecule has 0 fully saturated rings. The van der Waals surface area contributed by atoms with Gasteiger partial charge < -0.3 is 34.5 Å². The van der Waals surface area contributed by atoms with E-state index in [9.17, 15) is 34.5 Å². The largest absolute Gasteiger partial charge is 2.00 e. The van der Waals surface area contributed by atoms with Crippen LogP contribution in [0.4, 0.5) is 34.5 Å². The zero-order chi connectivity index (χ0) is 48.1. The third-order valence-electron chi connectivity index (χ3n) is 7.61. The molecule has 0 aliphatic carbocycles. The van der Waals surface area contributed by atoms with E-state index in [2.05, 4.69) is 42.5 Å². The van der Waals surface area contributed by atoms with E-state index in [-0.39, 0.29) is 17.1 Å². The molecule has 67 heavy (non-hydrogen) atoms. The number of benzene rings is 2. The fourth-order valence-corrected chi connectivity index (χ4v) is 5.05. The summed E-state index contributed by atoms with van der Waals surface area (Å²) >= 11 is 0. The summed E-state index contributed by atoms with van der Waals surface area (Å²) in [7, 11) is -11.1. The summed E-state index contributed by atoms with van der Waals surface area (Å²) in [5.41, 5.74) is 5.27. The van der Waals surface area contributed by atoms with E-state index in [4.69, 9.17) is 20.6 Å². The van der Waals surface area contributed by atoms with Crippen LogP contribution in [0.1, 0.15) is 33.4 Å². The van der Waals surface area contributed by atoms with Crippen LogP contribution in [0.5, 0.6) is 0 Å². The van der Waals surface area contributed by atoms with Crippen LogP contribution < -0.4 is 0 Å². The first-order chi connectivity index (χ1) is 31.4. The molecule has 2 aromatic carbocycles. The van der Waals surface area contributed by atoms with Gasteiger partial charge in [-0.15, -0.1) is 0 Å². The van der Waals surface area contributed by atoms with Gasteiger partial charge in [0, 0.05) is 54.5 Å². The molecule has 26 heteroatoms. The van der Waals surface area contributed by atoms with Gasteiger partial charge in [0.1, 0.15) is 0 Å². The third-order valence-corrected chi connectivity index (χ3v) is 7.61. The Morgan fingerprint density at radius 2 is 0.731 bits per heavy atom. The number of rotatable bonds is 8. The minimum Gasteiger partial charge on any atom is -0.418 e. The van der Waals surface area contributed by atoms with E-state index in [0.717, 1.165) is 29.3 Å². The summed E-state index contributed by atoms with van der Waals surface area (Å²) < 4.78 is 84.9. The number of pyridine rings is 2. The molecule has 0 aliphatic rings. The summed E-state index contributed by atoms with van der Waals surface area (Å²) in [6, 6.07) is 34.4. The smallest absolute Gasteiger partial charge is 0.418 e. The molecule has 6 heterocycles. The number of halogens is 8.